The van der Waals surface area contributed by atoms with Gasteiger partial charge in [0, 0.05) is 24.1 Å². The highest BCUT2D eigenvalue weighted by Gasteiger charge is 2.07. The average molecular weight is 327 g/mol. The summed E-state index contributed by atoms with van der Waals surface area (Å²) < 4.78 is 5.37. The third-order valence-electron chi connectivity index (χ3n) is 3.61. The lowest BCUT2D eigenvalue weighted by molar-refractivity contribution is -0.137. The molecular formula is C19H21NO4. The van der Waals surface area contributed by atoms with Gasteiger partial charge < -0.3 is 15.2 Å². The first-order valence-electron chi connectivity index (χ1n) is 7.85. The van der Waals surface area contributed by atoms with E-state index < -0.39 is 5.97 Å². The van der Waals surface area contributed by atoms with Crippen LogP contribution >= 0.6 is 0 Å². The van der Waals surface area contributed by atoms with Crippen LogP contribution in [0.4, 0.5) is 5.69 Å². The van der Waals surface area contributed by atoms with Crippen molar-refractivity contribution in [2.24, 2.45) is 0 Å². The van der Waals surface area contributed by atoms with E-state index in [9.17, 15) is 9.59 Å². The van der Waals surface area contributed by atoms with Crippen LogP contribution in [0.2, 0.25) is 0 Å². The number of amides is 1. The summed E-state index contributed by atoms with van der Waals surface area (Å²) in [5.41, 5.74) is 2.62. The Bertz CT molecular complexity index is 712. The monoisotopic (exact) mass is 327 g/mol. The molecule has 0 aromatic heterocycles. The fourth-order valence-electron chi connectivity index (χ4n) is 2.43. The van der Waals surface area contributed by atoms with Crippen molar-refractivity contribution >= 4 is 17.6 Å². The van der Waals surface area contributed by atoms with Crippen molar-refractivity contribution in [3.63, 3.8) is 0 Å². The molecule has 0 aliphatic heterocycles. The van der Waals surface area contributed by atoms with E-state index in [4.69, 9.17) is 9.84 Å². The largest absolute Gasteiger partial charge is 0.496 e. The van der Waals surface area contributed by atoms with Gasteiger partial charge in [-0.25, -0.2) is 0 Å². The summed E-state index contributed by atoms with van der Waals surface area (Å²) >= 11 is 0. The quantitative estimate of drug-likeness (QED) is 0.720. The molecule has 0 aliphatic rings. The highest BCUT2D eigenvalue weighted by Crippen LogP contribution is 2.30. The number of anilines is 1. The molecule has 2 N–H and O–H groups in total. The van der Waals surface area contributed by atoms with Crippen LogP contribution in [-0.4, -0.2) is 24.1 Å². The number of methoxy groups -OCH3 is 1. The summed E-state index contributed by atoms with van der Waals surface area (Å²) in [6, 6.07) is 15.3. The SMILES string of the molecule is COc1ccccc1-c1cccc(NC(=O)CCCCC(=O)O)c1. The molecule has 0 radical (unpaired) electrons. The Labute approximate surface area is 141 Å². The summed E-state index contributed by atoms with van der Waals surface area (Å²) in [5, 5.41) is 11.4. The van der Waals surface area contributed by atoms with Gasteiger partial charge in [0.05, 0.1) is 7.11 Å². The molecule has 0 fully saturated rings. The molecule has 2 aromatic rings. The standard InChI is InChI=1S/C19H21NO4/c1-24-17-10-3-2-9-16(17)14-7-6-8-15(13-14)20-18(21)11-4-5-12-19(22)23/h2-3,6-10,13H,4-5,11-12H2,1H3,(H,20,21)(H,22,23). The summed E-state index contributed by atoms with van der Waals surface area (Å²) in [6.45, 7) is 0. The number of rotatable bonds is 8. The summed E-state index contributed by atoms with van der Waals surface area (Å²) in [4.78, 5) is 22.4. The molecule has 1 amide bonds. The second-order valence-electron chi connectivity index (χ2n) is 5.43. The van der Waals surface area contributed by atoms with Crippen LogP contribution in [0.15, 0.2) is 48.5 Å². The summed E-state index contributed by atoms with van der Waals surface area (Å²) in [6.07, 6.45) is 1.47. The maximum atomic E-state index is 11.9. The third-order valence-corrected chi connectivity index (χ3v) is 3.61. The molecule has 0 saturated carbocycles. The van der Waals surface area contributed by atoms with Gasteiger partial charge in [-0.1, -0.05) is 30.3 Å². The van der Waals surface area contributed by atoms with E-state index >= 15 is 0 Å². The predicted octanol–water partition coefficient (Wildman–Crippen LogP) is 3.95. The number of hydrogen-bond acceptors (Lipinski definition) is 3. The number of ether oxygens (including phenoxy) is 1. The van der Waals surface area contributed by atoms with Crippen molar-refractivity contribution < 1.29 is 19.4 Å². The lowest BCUT2D eigenvalue weighted by Gasteiger charge is -2.10. The van der Waals surface area contributed by atoms with Gasteiger partial charge in [-0.3, -0.25) is 9.59 Å². The first-order chi connectivity index (χ1) is 11.6. The number of nitrogens with one attached hydrogen (secondary N) is 1. The number of aliphatic carboxylic acids is 1. The van der Waals surface area contributed by atoms with Crippen molar-refractivity contribution in [1.29, 1.82) is 0 Å². The summed E-state index contributed by atoms with van der Waals surface area (Å²) in [7, 11) is 1.63. The number of carbonyl (C=O) groups excluding carboxylic acids is 1. The molecular weight excluding hydrogens is 306 g/mol. The van der Waals surface area contributed by atoms with Crippen LogP contribution in [0.5, 0.6) is 5.75 Å². The first-order valence-corrected chi connectivity index (χ1v) is 7.85. The number of carboxylic acid groups (broad SMARTS) is 1. The van der Waals surface area contributed by atoms with Crippen molar-refractivity contribution in [1.82, 2.24) is 0 Å². The molecule has 5 heteroatoms. The highest BCUT2D eigenvalue weighted by atomic mass is 16.5. The van der Waals surface area contributed by atoms with Crippen LogP contribution in [-0.2, 0) is 9.59 Å². The van der Waals surface area contributed by atoms with Crippen LogP contribution in [0, 0.1) is 0 Å². The van der Waals surface area contributed by atoms with Gasteiger partial charge in [-0.2, -0.15) is 0 Å². The number of carbonyl (C=O) groups is 2. The Morgan fingerprint density at radius 2 is 1.79 bits per heavy atom. The maximum absolute atomic E-state index is 11.9. The fourth-order valence-corrected chi connectivity index (χ4v) is 2.43. The topological polar surface area (TPSA) is 75.6 Å². The molecule has 126 valence electrons. The van der Waals surface area contributed by atoms with Crippen molar-refractivity contribution in [3.8, 4) is 16.9 Å². The molecule has 0 atom stereocenters. The Kier molecular flexibility index (Phi) is 6.37. The van der Waals surface area contributed by atoms with Gasteiger partial charge >= 0.3 is 5.97 Å². The molecule has 0 aliphatic carbocycles. The molecule has 2 aromatic carbocycles. The average Bonchev–Trinajstić information content (AvgIpc) is 2.59. The van der Waals surface area contributed by atoms with E-state index in [2.05, 4.69) is 5.32 Å². The van der Waals surface area contributed by atoms with Gasteiger partial charge in [0.15, 0.2) is 0 Å². The van der Waals surface area contributed by atoms with E-state index in [1.54, 1.807) is 7.11 Å². The van der Waals surface area contributed by atoms with E-state index in [1.807, 2.05) is 48.5 Å². The minimum absolute atomic E-state index is 0.0938. The zero-order valence-corrected chi connectivity index (χ0v) is 13.6. The first kappa shape index (κ1) is 17.5. The third kappa shape index (κ3) is 5.12. The van der Waals surface area contributed by atoms with E-state index in [0.717, 1.165) is 16.9 Å². The van der Waals surface area contributed by atoms with E-state index in [1.165, 1.54) is 0 Å². The molecule has 0 bridgehead atoms. The van der Waals surface area contributed by atoms with Crippen molar-refractivity contribution in [2.75, 3.05) is 12.4 Å². The van der Waals surface area contributed by atoms with Crippen LogP contribution in [0.1, 0.15) is 25.7 Å². The fraction of sp³-hybridized carbons (Fsp3) is 0.263. The predicted molar refractivity (Wildman–Crippen MR) is 93.2 cm³/mol. The summed E-state index contributed by atoms with van der Waals surface area (Å²) in [5.74, 6) is -0.174. The van der Waals surface area contributed by atoms with Crippen molar-refractivity contribution in [3.05, 3.63) is 48.5 Å². The smallest absolute Gasteiger partial charge is 0.303 e. The Balaban J connectivity index is 2.00. The molecule has 0 unspecified atom stereocenters. The zero-order valence-electron chi connectivity index (χ0n) is 13.6. The van der Waals surface area contributed by atoms with Gasteiger partial charge in [-0.15, -0.1) is 0 Å². The van der Waals surface area contributed by atoms with Crippen LogP contribution in [0.3, 0.4) is 0 Å². The number of hydrogen-bond donors (Lipinski definition) is 2. The number of benzene rings is 2. The molecule has 0 spiro atoms. The number of carboxylic acids is 1. The van der Waals surface area contributed by atoms with Crippen LogP contribution < -0.4 is 10.1 Å². The second kappa shape index (κ2) is 8.72. The molecule has 0 heterocycles. The normalized spacial score (nSPS) is 10.2. The zero-order chi connectivity index (χ0) is 17.4. The molecule has 0 saturated heterocycles. The Hall–Kier alpha value is -2.82. The molecule has 5 nitrogen and oxygen atoms in total. The van der Waals surface area contributed by atoms with Gasteiger partial charge in [0.1, 0.15) is 5.75 Å². The Morgan fingerprint density at radius 3 is 2.54 bits per heavy atom. The minimum atomic E-state index is -0.833. The van der Waals surface area contributed by atoms with E-state index in [0.29, 0.717) is 24.9 Å². The van der Waals surface area contributed by atoms with E-state index in [-0.39, 0.29) is 12.3 Å². The maximum Gasteiger partial charge on any atom is 0.303 e. The molecule has 24 heavy (non-hydrogen) atoms. The number of unbranched alkanes of at least 4 members (excludes halogenated alkanes) is 1. The van der Waals surface area contributed by atoms with Gasteiger partial charge in [0.25, 0.3) is 0 Å². The second-order valence-corrected chi connectivity index (χ2v) is 5.43. The highest BCUT2D eigenvalue weighted by molar-refractivity contribution is 5.91. The minimum Gasteiger partial charge on any atom is -0.496 e. The van der Waals surface area contributed by atoms with Gasteiger partial charge in [-0.05, 0) is 36.6 Å². The lowest BCUT2D eigenvalue weighted by atomic mass is 10.0. The van der Waals surface area contributed by atoms with Crippen LogP contribution in [0.25, 0.3) is 11.1 Å². The van der Waals surface area contributed by atoms with Gasteiger partial charge in [0.2, 0.25) is 5.91 Å². The number of para-hydroxylation sites is 1. The lowest BCUT2D eigenvalue weighted by Crippen LogP contribution is -2.11. The van der Waals surface area contributed by atoms with Crippen molar-refractivity contribution in [2.45, 2.75) is 25.7 Å². The Morgan fingerprint density at radius 1 is 1.04 bits per heavy atom. The molecule has 2 rings (SSSR count).